The second-order valence-corrected chi connectivity index (χ2v) is 13.8. The number of hydrogen-bond donors (Lipinski definition) is 4. The fourth-order valence-electron chi connectivity index (χ4n) is 5.34. The Labute approximate surface area is 259 Å². The van der Waals surface area contributed by atoms with Gasteiger partial charge in [-0.15, -0.1) is 0 Å². The summed E-state index contributed by atoms with van der Waals surface area (Å²) in [6.07, 6.45) is 30.0. The molecule has 0 bridgehead atoms. The van der Waals surface area contributed by atoms with E-state index < -0.39 is 40.0 Å². The minimum Gasteiger partial charge on any atom is -0.387 e. The van der Waals surface area contributed by atoms with Crippen LogP contribution >= 0.6 is 0 Å². The maximum Gasteiger partial charge on any atom is 0.267 e. The third-order valence-electron chi connectivity index (χ3n) is 8.07. The molecule has 0 saturated carbocycles. The second-order valence-electron chi connectivity index (χ2n) is 12.3. The molecule has 0 fully saturated rings. The van der Waals surface area contributed by atoms with Gasteiger partial charge in [0.05, 0.1) is 17.9 Å². The molecule has 1 amide bonds. The van der Waals surface area contributed by atoms with Crippen molar-refractivity contribution in [1.29, 1.82) is 0 Å². The van der Waals surface area contributed by atoms with Crippen LogP contribution in [0.4, 0.5) is 0 Å². The Morgan fingerprint density at radius 2 is 1.02 bits per heavy atom. The summed E-state index contributed by atoms with van der Waals surface area (Å²) >= 11 is 0. The van der Waals surface area contributed by atoms with E-state index in [1.54, 1.807) is 6.08 Å². The van der Waals surface area contributed by atoms with Crippen molar-refractivity contribution < 1.29 is 28.0 Å². The summed E-state index contributed by atoms with van der Waals surface area (Å²) in [7, 11) is -4.43. The van der Waals surface area contributed by atoms with E-state index in [0.717, 1.165) is 38.5 Å². The highest BCUT2D eigenvalue weighted by Gasteiger charge is 2.27. The molecule has 3 atom stereocenters. The lowest BCUT2D eigenvalue weighted by Crippen LogP contribution is -2.50. The Bertz CT molecular complexity index is 742. The zero-order valence-corrected chi connectivity index (χ0v) is 28.1. The van der Waals surface area contributed by atoms with Crippen molar-refractivity contribution >= 4 is 16.0 Å². The predicted octanol–water partition coefficient (Wildman–Crippen LogP) is 8.43. The van der Waals surface area contributed by atoms with E-state index >= 15 is 0 Å². The van der Waals surface area contributed by atoms with Crippen LogP contribution in [0.25, 0.3) is 0 Å². The summed E-state index contributed by atoms with van der Waals surface area (Å²) < 4.78 is 32.3. The molecule has 3 unspecified atom stereocenters. The van der Waals surface area contributed by atoms with Crippen molar-refractivity contribution in [2.75, 3.05) is 5.75 Å². The minimum atomic E-state index is -4.43. The summed E-state index contributed by atoms with van der Waals surface area (Å²) in [6.45, 7) is 4.44. The monoisotopic (exact) mass is 617 g/mol. The Hall–Kier alpha value is -0.960. The third-order valence-corrected chi connectivity index (χ3v) is 8.85. The molecule has 0 spiro atoms. The normalized spacial score (nSPS) is 14.3. The highest BCUT2D eigenvalue weighted by atomic mass is 32.2. The highest BCUT2D eigenvalue weighted by molar-refractivity contribution is 7.85. The summed E-state index contributed by atoms with van der Waals surface area (Å²) in [5.74, 6) is -1.53. The van der Waals surface area contributed by atoms with Gasteiger partial charge >= 0.3 is 0 Å². The molecule has 0 aromatic rings. The van der Waals surface area contributed by atoms with Crippen LogP contribution < -0.4 is 5.32 Å². The zero-order chi connectivity index (χ0) is 31.3. The Morgan fingerprint density at radius 3 is 1.43 bits per heavy atom. The molecule has 0 aromatic carbocycles. The topological polar surface area (TPSA) is 124 Å². The summed E-state index contributed by atoms with van der Waals surface area (Å²) in [5, 5.41) is 23.2. The van der Waals surface area contributed by atoms with E-state index in [9.17, 15) is 28.0 Å². The quantitative estimate of drug-likeness (QED) is 0.0352. The number of aliphatic hydroxyl groups excluding tert-OH is 2. The van der Waals surface area contributed by atoms with Gasteiger partial charge in [-0.2, -0.15) is 8.42 Å². The van der Waals surface area contributed by atoms with Gasteiger partial charge in [0.1, 0.15) is 6.10 Å². The van der Waals surface area contributed by atoms with Crippen molar-refractivity contribution in [3.05, 3.63) is 12.2 Å². The minimum absolute atomic E-state index is 0.282. The molecule has 0 rings (SSSR count). The smallest absolute Gasteiger partial charge is 0.267 e. The molecule has 0 heterocycles. The van der Waals surface area contributed by atoms with Crippen molar-refractivity contribution in [2.24, 2.45) is 0 Å². The largest absolute Gasteiger partial charge is 0.387 e. The predicted molar refractivity (Wildman–Crippen MR) is 176 cm³/mol. The summed E-state index contributed by atoms with van der Waals surface area (Å²) in [5.41, 5.74) is 0. The van der Waals surface area contributed by atoms with Gasteiger partial charge in [-0.1, -0.05) is 167 Å². The third kappa shape index (κ3) is 27.8. The van der Waals surface area contributed by atoms with Gasteiger partial charge < -0.3 is 15.5 Å². The maximum atomic E-state index is 12.4. The van der Waals surface area contributed by atoms with E-state index in [0.29, 0.717) is 6.42 Å². The number of carbonyl (C=O) groups excluding carboxylic acids is 1. The average molecular weight is 618 g/mol. The standard InChI is InChI=1S/C34H67NO6S/c1-3-5-7-9-11-13-14-15-16-17-18-19-20-21-23-24-26-28-32(36)31(30-42(39,40)41)35-34(38)33(37)29-27-25-22-12-10-8-6-4-2/h26,28,31-33,36-37H,3-25,27,29-30H2,1-2H3,(H,35,38)(H,39,40,41)/b28-26+. The lowest BCUT2D eigenvalue weighted by atomic mass is 10.0. The van der Waals surface area contributed by atoms with Crippen LogP contribution in [0.5, 0.6) is 0 Å². The molecule has 4 N–H and O–H groups in total. The zero-order valence-electron chi connectivity index (χ0n) is 27.2. The first-order chi connectivity index (χ1) is 20.2. The average Bonchev–Trinajstić information content (AvgIpc) is 2.94. The van der Waals surface area contributed by atoms with Crippen LogP contribution in [0.2, 0.25) is 0 Å². The Morgan fingerprint density at radius 1 is 0.643 bits per heavy atom. The molecule has 8 heteroatoms. The molecule has 0 aromatic heterocycles. The van der Waals surface area contributed by atoms with Crippen molar-refractivity contribution in [2.45, 2.75) is 193 Å². The van der Waals surface area contributed by atoms with Gasteiger partial charge in [0.2, 0.25) is 5.91 Å². The molecule has 0 radical (unpaired) electrons. The van der Waals surface area contributed by atoms with E-state index in [1.165, 1.54) is 115 Å². The molecule has 0 saturated heterocycles. The summed E-state index contributed by atoms with van der Waals surface area (Å²) in [4.78, 5) is 12.4. The SMILES string of the molecule is CCCCCCCCCCCCCCCCC/C=C/C(O)C(CS(=O)(=O)O)NC(=O)C(O)CCCCCCCCCC. The Kier molecular flexibility index (Phi) is 28.1. The molecule has 0 aliphatic heterocycles. The van der Waals surface area contributed by atoms with Crippen molar-refractivity contribution in [3.63, 3.8) is 0 Å². The van der Waals surface area contributed by atoms with Gasteiger partial charge in [0.25, 0.3) is 10.1 Å². The van der Waals surface area contributed by atoms with E-state index in [2.05, 4.69) is 19.2 Å². The van der Waals surface area contributed by atoms with Gasteiger partial charge in [-0.3, -0.25) is 9.35 Å². The number of hydrogen-bond acceptors (Lipinski definition) is 5. The number of aliphatic hydroxyl groups is 2. The maximum absolute atomic E-state index is 12.4. The fraction of sp³-hybridized carbons (Fsp3) is 0.912. The van der Waals surface area contributed by atoms with Crippen LogP contribution in [0.15, 0.2) is 12.2 Å². The number of allylic oxidation sites excluding steroid dienone is 1. The molecular formula is C34H67NO6S. The lowest BCUT2D eigenvalue weighted by Gasteiger charge is -2.22. The molecule has 0 aliphatic rings. The number of carbonyl (C=O) groups is 1. The van der Waals surface area contributed by atoms with Crippen LogP contribution in [-0.4, -0.2) is 53.1 Å². The molecule has 0 aliphatic carbocycles. The van der Waals surface area contributed by atoms with Gasteiger partial charge in [0, 0.05) is 0 Å². The van der Waals surface area contributed by atoms with Crippen LogP contribution in [0.3, 0.4) is 0 Å². The van der Waals surface area contributed by atoms with Crippen LogP contribution in [0, 0.1) is 0 Å². The Balaban J connectivity index is 4.09. The molecule has 250 valence electrons. The summed E-state index contributed by atoms with van der Waals surface area (Å²) in [6, 6.07) is -1.22. The van der Waals surface area contributed by atoms with Crippen molar-refractivity contribution in [1.82, 2.24) is 5.32 Å². The van der Waals surface area contributed by atoms with E-state index in [4.69, 9.17) is 0 Å². The molecule has 42 heavy (non-hydrogen) atoms. The van der Waals surface area contributed by atoms with Crippen molar-refractivity contribution in [3.8, 4) is 0 Å². The number of amides is 1. The first kappa shape index (κ1) is 41.0. The first-order valence-electron chi connectivity index (χ1n) is 17.5. The molecular weight excluding hydrogens is 550 g/mol. The second kappa shape index (κ2) is 28.8. The lowest BCUT2D eigenvalue weighted by molar-refractivity contribution is -0.130. The molecule has 7 nitrogen and oxygen atoms in total. The highest BCUT2D eigenvalue weighted by Crippen LogP contribution is 2.15. The van der Waals surface area contributed by atoms with E-state index in [1.807, 2.05) is 0 Å². The number of nitrogens with one attached hydrogen (secondary N) is 1. The van der Waals surface area contributed by atoms with Crippen LogP contribution in [0.1, 0.15) is 174 Å². The van der Waals surface area contributed by atoms with Gasteiger partial charge in [0.15, 0.2) is 0 Å². The number of unbranched alkanes of at least 4 members (excludes halogenated alkanes) is 22. The fourth-order valence-corrected chi connectivity index (χ4v) is 6.07. The van der Waals surface area contributed by atoms with E-state index in [-0.39, 0.29) is 6.42 Å². The first-order valence-corrected chi connectivity index (χ1v) is 19.1. The number of rotatable bonds is 31. The van der Waals surface area contributed by atoms with Crippen LogP contribution in [-0.2, 0) is 14.9 Å². The van der Waals surface area contributed by atoms with Gasteiger partial charge in [-0.25, -0.2) is 0 Å². The van der Waals surface area contributed by atoms with Gasteiger partial charge in [-0.05, 0) is 19.3 Å².